The SMILES string of the molecule is CCCC(C)CCN1CC(C(=O)O)C1. The molecule has 0 saturated carbocycles. The van der Waals surface area contributed by atoms with E-state index < -0.39 is 5.97 Å². The summed E-state index contributed by atoms with van der Waals surface area (Å²) in [6.07, 6.45) is 3.75. The van der Waals surface area contributed by atoms with E-state index in [0.29, 0.717) is 0 Å². The van der Waals surface area contributed by atoms with E-state index in [2.05, 4.69) is 18.7 Å². The van der Waals surface area contributed by atoms with Crippen LogP contribution in [0.3, 0.4) is 0 Å². The number of hydrogen-bond donors (Lipinski definition) is 1. The maximum absolute atomic E-state index is 10.5. The fourth-order valence-electron chi connectivity index (χ4n) is 1.95. The highest BCUT2D eigenvalue weighted by molar-refractivity contribution is 5.71. The molecular formula is C11H21NO2. The molecule has 1 aliphatic heterocycles. The summed E-state index contributed by atoms with van der Waals surface area (Å²) < 4.78 is 0. The zero-order valence-electron chi connectivity index (χ0n) is 9.20. The molecule has 0 bridgehead atoms. The lowest BCUT2D eigenvalue weighted by atomic mass is 9.97. The summed E-state index contributed by atoms with van der Waals surface area (Å²) in [5, 5.41) is 8.69. The second-order valence-electron chi connectivity index (χ2n) is 4.48. The lowest BCUT2D eigenvalue weighted by Gasteiger charge is -2.37. The van der Waals surface area contributed by atoms with Crippen molar-refractivity contribution in [2.45, 2.75) is 33.1 Å². The quantitative estimate of drug-likeness (QED) is 0.709. The maximum atomic E-state index is 10.5. The van der Waals surface area contributed by atoms with Crippen molar-refractivity contribution in [2.24, 2.45) is 11.8 Å². The van der Waals surface area contributed by atoms with Gasteiger partial charge in [0, 0.05) is 13.1 Å². The van der Waals surface area contributed by atoms with Crippen molar-refractivity contribution < 1.29 is 9.90 Å². The molecule has 0 amide bonds. The minimum atomic E-state index is -0.636. The van der Waals surface area contributed by atoms with Gasteiger partial charge in [0.2, 0.25) is 0 Å². The Morgan fingerprint density at radius 1 is 1.50 bits per heavy atom. The molecule has 1 atom stereocenters. The van der Waals surface area contributed by atoms with Gasteiger partial charge in [-0.1, -0.05) is 26.7 Å². The molecule has 14 heavy (non-hydrogen) atoms. The number of carboxylic acids is 1. The van der Waals surface area contributed by atoms with Crippen molar-refractivity contribution >= 4 is 5.97 Å². The average Bonchev–Trinajstić information content (AvgIpc) is 2.01. The first-order valence-corrected chi connectivity index (χ1v) is 5.58. The Morgan fingerprint density at radius 2 is 2.14 bits per heavy atom. The number of carbonyl (C=O) groups is 1. The standard InChI is InChI=1S/C11H21NO2/c1-3-4-9(2)5-6-12-7-10(8-12)11(13)14/h9-10H,3-8H2,1-2H3,(H,13,14). The second kappa shape index (κ2) is 5.35. The first-order valence-electron chi connectivity index (χ1n) is 5.58. The summed E-state index contributed by atoms with van der Waals surface area (Å²) >= 11 is 0. The minimum absolute atomic E-state index is 0.100. The van der Waals surface area contributed by atoms with Gasteiger partial charge in [-0.25, -0.2) is 0 Å². The molecule has 1 rings (SSSR count). The molecule has 0 radical (unpaired) electrons. The van der Waals surface area contributed by atoms with Crippen molar-refractivity contribution in [1.29, 1.82) is 0 Å². The van der Waals surface area contributed by atoms with Crippen LogP contribution in [-0.4, -0.2) is 35.6 Å². The van der Waals surface area contributed by atoms with Crippen LogP contribution in [0.4, 0.5) is 0 Å². The van der Waals surface area contributed by atoms with Gasteiger partial charge in [-0.3, -0.25) is 4.79 Å². The minimum Gasteiger partial charge on any atom is -0.481 e. The number of aliphatic carboxylic acids is 1. The van der Waals surface area contributed by atoms with Crippen LogP contribution in [0, 0.1) is 11.8 Å². The van der Waals surface area contributed by atoms with Crippen LogP contribution in [0.2, 0.25) is 0 Å². The first-order chi connectivity index (χ1) is 6.63. The van der Waals surface area contributed by atoms with Gasteiger partial charge < -0.3 is 10.0 Å². The molecule has 1 aliphatic rings. The van der Waals surface area contributed by atoms with E-state index in [4.69, 9.17) is 5.11 Å². The van der Waals surface area contributed by atoms with Crippen molar-refractivity contribution in [1.82, 2.24) is 4.90 Å². The molecular weight excluding hydrogens is 178 g/mol. The molecule has 0 aromatic carbocycles. The molecule has 1 fully saturated rings. The van der Waals surface area contributed by atoms with Gasteiger partial charge in [-0.15, -0.1) is 0 Å². The Hall–Kier alpha value is -0.570. The molecule has 3 heteroatoms. The van der Waals surface area contributed by atoms with Gasteiger partial charge in [0.15, 0.2) is 0 Å². The summed E-state index contributed by atoms with van der Waals surface area (Å²) in [5.74, 6) is 0.0446. The third-order valence-corrected chi connectivity index (χ3v) is 3.03. The maximum Gasteiger partial charge on any atom is 0.309 e. The van der Waals surface area contributed by atoms with Crippen LogP contribution in [0.15, 0.2) is 0 Å². The Balaban J connectivity index is 2.03. The highest BCUT2D eigenvalue weighted by Gasteiger charge is 2.31. The van der Waals surface area contributed by atoms with E-state index in [9.17, 15) is 4.79 Å². The predicted octanol–water partition coefficient (Wildman–Crippen LogP) is 1.83. The molecule has 82 valence electrons. The predicted molar refractivity (Wildman–Crippen MR) is 56.3 cm³/mol. The Bertz CT molecular complexity index is 188. The number of hydrogen-bond acceptors (Lipinski definition) is 2. The van der Waals surface area contributed by atoms with Crippen LogP contribution in [-0.2, 0) is 4.79 Å². The number of rotatable bonds is 6. The lowest BCUT2D eigenvalue weighted by Crippen LogP contribution is -2.50. The largest absolute Gasteiger partial charge is 0.481 e. The molecule has 1 heterocycles. The molecule has 0 aromatic rings. The Labute approximate surface area is 86.1 Å². The van der Waals surface area contributed by atoms with Gasteiger partial charge in [0.25, 0.3) is 0 Å². The Kier molecular flexibility index (Phi) is 4.39. The van der Waals surface area contributed by atoms with Crippen molar-refractivity contribution in [3.63, 3.8) is 0 Å². The summed E-state index contributed by atoms with van der Waals surface area (Å²) in [4.78, 5) is 12.8. The normalized spacial score (nSPS) is 20.4. The third-order valence-electron chi connectivity index (χ3n) is 3.03. The number of likely N-dealkylation sites (tertiary alicyclic amines) is 1. The summed E-state index contributed by atoms with van der Waals surface area (Å²) in [6.45, 7) is 7.08. The number of nitrogens with zero attached hydrogens (tertiary/aromatic N) is 1. The fraction of sp³-hybridized carbons (Fsp3) is 0.909. The van der Waals surface area contributed by atoms with Crippen molar-refractivity contribution in [3.05, 3.63) is 0 Å². The van der Waals surface area contributed by atoms with Gasteiger partial charge in [-0.2, -0.15) is 0 Å². The third kappa shape index (κ3) is 3.29. The smallest absolute Gasteiger partial charge is 0.309 e. The lowest BCUT2D eigenvalue weighted by molar-refractivity contribution is -0.147. The highest BCUT2D eigenvalue weighted by Crippen LogP contribution is 2.18. The average molecular weight is 199 g/mol. The van der Waals surface area contributed by atoms with Crippen molar-refractivity contribution in [3.8, 4) is 0 Å². The van der Waals surface area contributed by atoms with Crippen LogP contribution < -0.4 is 0 Å². The second-order valence-corrected chi connectivity index (χ2v) is 4.48. The van der Waals surface area contributed by atoms with Gasteiger partial charge in [-0.05, 0) is 18.9 Å². The topological polar surface area (TPSA) is 40.5 Å². The zero-order valence-corrected chi connectivity index (χ0v) is 9.20. The van der Waals surface area contributed by atoms with Crippen LogP contribution in [0.25, 0.3) is 0 Å². The van der Waals surface area contributed by atoms with E-state index in [-0.39, 0.29) is 5.92 Å². The fourth-order valence-corrected chi connectivity index (χ4v) is 1.95. The van der Waals surface area contributed by atoms with E-state index in [1.807, 2.05) is 0 Å². The highest BCUT2D eigenvalue weighted by atomic mass is 16.4. The first kappa shape index (κ1) is 11.5. The molecule has 0 aromatic heterocycles. The van der Waals surface area contributed by atoms with E-state index in [0.717, 1.165) is 25.6 Å². The van der Waals surface area contributed by atoms with Crippen LogP contribution in [0.5, 0.6) is 0 Å². The van der Waals surface area contributed by atoms with E-state index in [1.165, 1.54) is 19.3 Å². The summed E-state index contributed by atoms with van der Waals surface area (Å²) in [7, 11) is 0. The molecule has 1 unspecified atom stereocenters. The van der Waals surface area contributed by atoms with Gasteiger partial charge in [0.05, 0.1) is 5.92 Å². The monoisotopic (exact) mass is 199 g/mol. The zero-order chi connectivity index (χ0) is 10.6. The summed E-state index contributed by atoms with van der Waals surface area (Å²) in [5.41, 5.74) is 0. The molecule has 0 spiro atoms. The van der Waals surface area contributed by atoms with E-state index >= 15 is 0 Å². The van der Waals surface area contributed by atoms with Gasteiger partial charge in [0.1, 0.15) is 0 Å². The van der Waals surface area contributed by atoms with E-state index in [1.54, 1.807) is 0 Å². The summed E-state index contributed by atoms with van der Waals surface area (Å²) in [6, 6.07) is 0. The number of carboxylic acid groups (broad SMARTS) is 1. The Morgan fingerprint density at radius 3 is 2.64 bits per heavy atom. The molecule has 1 N–H and O–H groups in total. The molecule has 3 nitrogen and oxygen atoms in total. The molecule has 0 aliphatic carbocycles. The van der Waals surface area contributed by atoms with Crippen molar-refractivity contribution in [2.75, 3.05) is 19.6 Å². The van der Waals surface area contributed by atoms with Gasteiger partial charge >= 0.3 is 5.97 Å². The molecule has 1 saturated heterocycles. The van der Waals surface area contributed by atoms with Crippen LogP contribution >= 0.6 is 0 Å². The van der Waals surface area contributed by atoms with Crippen LogP contribution in [0.1, 0.15) is 33.1 Å².